The van der Waals surface area contributed by atoms with Gasteiger partial charge in [0.1, 0.15) is 5.75 Å². The van der Waals surface area contributed by atoms with E-state index < -0.39 is 0 Å². The molecule has 2 aromatic carbocycles. The molecule has 0 aliphatic rings. The van der Waals surface area contributed by atoms with E-state index in [0.29, 0.717) is 6.54 Å². The fourth-order valence-corrected chi connectivity index (χ4v) is 2.61. The second-order valence-corrected chi connectivity index (χ2v) is 4.89. The summed E-state index contributed by atoms with van der Waals surface area (Å²) in [5.74, 6) is 0.810. The Labute approximate surface area is 123 Å². The second-order valence-electron chi connectivity index (χ2n) is 4.89. The molecule has 21 heavy (non-hydrogen) atoms. The molecule has 0 bridgehead atoms. The highest BCUT2D eigenvalue weighted by atomic mass is 16.5. The van der Waals surface area contributed by atoms with Crippen LogP contribution in [-0.2, 0) is 6.54 Å². The third-order valence-corrected chi connectivity index (χ3v) is 3.72. The van der Waals surface area contributed by atoms with Crippen LogP contribution in [0.3, 0.4) is 0 Å². The van der Waals surface area contributed by atoms with Crippen LogP contribution in [0.15, 0.2) is 59.4 Å². The topological polar surface area (TPSA) is 31.2 Å². The molecule has 0 aliphatic carbocycles. The van der Waals surface area contributed by atoms with Crippen molar-refractivity contribution in [3.05, 3.63) is 65.0 Å². The molecule has 106 valence electrons. The van der Waals surface area contributed by atoms with Crippen LogP contribution in [0.4, 0.5) is 0 Å². The predicted octanol–water partition coefficient (Wildman–Crippen LogP) is 3.70. The molecule has 0 spiro atoms. The van der Waals surface area contributed by atoms with Gasteiger partial charge in [-0.15, -0.1) is 0 Å². The summed E-state index contributed by atoms with van der Waals surface area (Å²) in [6.07, 6.45) is 0. The molecule has 0 amide bonds. The fourth-order valence-electron chi connectivity index (χ4n) is 2.61. The molecule has 3 rings (SSSR count). The lowest BCUT2D eigenvalue weighted by atomic mass is 10.1. The Bertz CT molecular complexity index is 832. The summed E-state index contributed by atoms with van der Waals surface area (Å²) in [6.45, 7) is 2.63. The molecular weight excluding hydrogens is 262 g/mol. The van der Waals surface area contributed by atoms with Crippen LogP contribution >= 0.6 is 0 Å². The van der Waals surface area contributed by atoms with Crippen molar-refractivity contribution in [2.75, 3.05) is 7.11 Å². The van der Waals surface area contributed by atoms with Gasteiger partial charge in [0.05, 0.1) is 12.8 Å². The molecule has 0 atom stereocenters. The minimum absolute atomic E-state index is 0.0569. The van der Waals surface area contributed by atoms with Crippen LogP contribution in [0.25, 0.3) is 22.0 Å². The van der Waals surface area contributed by atoms with Crippen LogP contribution in [0.1, 0.15) is 6.92 Å². The van der Waals surface area contributed by atoms with Gasteiger partial charge in [-0.2, -0.15) is 0 Å². The average Bonchev–Trinajstić information content (AvgIpc) is 2.55. The first-order valence-electron chi connectivity index (χ1n) is 7.01. The number of hydrogen-bond acceptors (Lipinski definition) is 2. The molecule has 0 saturated carbocycles. The normalized spacial score (nSPS) is 10.8. The summed E-state index contributed by atoms with van der Waals surface area (Å²) in [5, 5.41) is 1.73. The van der Waals surface area contributed by atoms with Crippen LogP contribution in [0.5, 0.6) is 5.75 Å². The van der Waals surface area contributed by atoms with Crippen molar-refractivity contribution < 1.29 is 4.74 Å². The molecule has 0 fully saturated rings. The van der Waals surface area contributed by atoms with E-state index in [1.807, 2.05) is 60.0 Å². The zero-order valence-corrected chi connectivity index (χ0v) is 12.2. The van der Waals surface area contributed by atoms with Crippen LogP contribution in [-0.4, -0.2) is 11.7 Å². The molecule has 1 aromatic heterocycles. The summed E-state index contributed by atoms with van der Waals surface area (Å²) in [7, 11) is 1.65. The second kappa shape index (κ2) is 5.44. The van der Waals surface area contributed by atoms with Crippen molar-refractivity contribution in [1.29, 1.82) is 0 Å². The van der Waals surface area contributed by atoms with Gasteiger partial charge in [-0.25, -0.2) is 0 Å². The fraction of sp³-hybridized carbons (Fsp3) is 0.167. The van der Waals surface area contributed by atoms with E-state index in [-0.39, 0.29) is 5.56 Å². The highest BCUT2D eigenvalue weighted by Crippen LogP contribution is 2.24. The lowest BCUT2D eigenvalue weighted by Crippen LogP contribution is -2.21. The molecule has 0 unspecified atom stereocenters. The SMILES string of the molecule is CCn1c(-c2ccc(OC)cc2)cc2ccccc2c1=O. The molecule has 3 heteroatoms. The maximum atomic E-state index is 12.6. The van der Waals surface area contributed by atoms with Gasteiger partial charge in [0, 0.05) is 11.9 Å². The van der Waals surface area contributed by atoms with E-state index in [4.69, 9.17) is 4.74 Å². The summed E-state index contributed by atoms with van der Waals surface area (Å²) in [4.78, 5) is 12.6. The number of rotatable bonds is 3. The molecule has 0 aliphatic heterocycles. The number of pyridine rings is 1. The largest absolute Gasteiger partial charge is 0.497 e. The lowest BCUT2D eigenvalue weighted by molar-refractivity contribution is 0.415. The van der Waals surface area contributed by atoms with Crippen LogP contribution < -0.4 is 10.3 Å². The summed E-state index contributed by atoms with van der Waals surface area (Å²) >= 11 is 0. The summed E-state index contributed by atoms with van der Waals surface area (Å²) in [5.41, 5.74) is 2.01. The van der Waals surface area contributed by atoms with Gasteiger partial charge < -0.3 is 9.30 Å². The first-order chi connectivity index (χ1) is 10.2. The van der Waals surface area contributed by atoms with Gasteiger partial charge >= 0.3 is 0 Å². The number of nitrogens with zero attached hydrogens (tertiary/aromatic N) is 1. The molecule has 0 N–H and O–H groups in total. The minimum atomic E-state index is 0.0569. The van der Waals surface area contributed by atoms with E-state index in [1.54, 1.807) is 7.11 Å². The molecule has 1 heterocycles. The Morgan fingerprint density at radius 2 is 1.76 bits per heavy atom. The summed E-state index contributed by atoms with van der Waals surface area (Å²) < 4.78 is 7.00. The molecule has 0 saturated heterocycles. The third-order valence-electron chi connectivity index (χ3n) is 3.72. The van der Waals surface area contributed by atoms with Crippen molar-refractivity contribution in [2.24, 2.45) is 0 Å². The smallest absolute Gasteiger partial charge is 0.258 e. The highest BCUT2D eigenvalue weighted by molar-refractivity contribution is 5.85. The quantitative estimate of drug-likeness (QED) is 0.732. The zero-order chi connectivity index (χ0) is 14.8. The van der Waals surface area contributed by atoms with Gasteiger partial charge in [-0.3, -0.25) is 4.79 Å². The Morgan fingerprint density at radius 1 is 1.05 bits per heavy atom. The van der Waals surface area contributed by atoms with Gasteiger partial charge in [0.15, 0.2) is 0 Å². The van der Waals surface area contributed by atoms with E-state index in [0.717, 1.165) is 27.8 Å². The zero-order valence-electron chi connectivity index (χ0n) is 12.2. The number of aromatic nitrogens is 1. The minimum Gasteiger partial charge on any atom is -0.497 e. The summed E-state index contributed by atoms with van der Waals surface area (Å²) in [6, 6.07) is 17.6. The molecule has 3 aromatic rings. The lowest BCUT2D eigenvalue weighted by Gasteiger charge is -2.13. The maximum Gasteiger partial charge on any atom is 0.258 e. The van der Waals surface area contributed by atoms with Crippen molar-refractivity contribution >= 4 is 10.8 Å². The van der Waals surface area contributed by atoms with Gasteiger partial charge in [-0.05, 0) is 54.3 Å². The Kier molecular flexibility index (Phi) is 3.48. The molecule has 0 radical (unpaired) electrons. The maximum absolute atomic E-state index is 12.6. The number of hydrogen-bond donors (Lipinski definition) is 0. The Morgan fingerprint density at radius 3 is 2.43 bits per heavy atom. The van der Waals surface area contributed by atoms with Crippen LogP contribution in [0.2, 0.25) is 0 Å². The van der Waals surface area contributed by atoms with E-state index in [1.165, 1.54) is 0 Å². The molecule has 3 nitrogen and oxygen atoms in total. The van der Waals surface area contributed by atoms with Crippen molar-refractivity contribution in [3.63, 3.8) is 0 Å². The Balaban J connectivity index is 2.27. The Hall–Kier alpha value is -2.55. The number of ether oxygens (including phenoxy) is 1. The van der Waals surface area contributed by atoms with Gasteiger partial charge in [-0.1, -0.05) is 18.2 Å². The van der Waals surface area contributed by atoms with Gasteiger partial charge in [0.2, 0.25) is 0 Å². The molecular formula is C18H17NO2. The standard InChI is InChI=1S/C18H17NO2/c1-3-19-17(13-8-10-15(21-2)11-9-13)12-14-6-4-5-7-16(14)18(19)20/h4-12H,3H2,1-2H3. The third kappa shape index (κ3) is 2.31. The van der Waals surface area contributed by atoms with Crippen LogP contribution in [0, 0.1) is 0 Å². The van der Waals surface area contributed by atoms with Gasteiger partial charge in [0.25, 0.3) is 5.56 Å². The first-order valence-corrected chi connectivity index (χ1v) is 7.01. The number of methoxy groups -OCH3 is 1. The predicted molar refractivity (Wildman–Crippen MR) is 85.9 cm³/mol. The van der Waals surface area contributed by atoms with E-state index in [2.05, 4.69) is 6.07 Å². The van der Waals surface area contributed by atoms with Crippen molar-refractivity contribution in [3.8, 4) is 17.0 Å². The van der Waals surface area contributed by atoms with Crippen molar-refractivity contribution in [1.82, 2.24) is 4.57 Å². The monoisotopic (exact) mass is 279 g/mol. The first kappa shape index (κ1) is 13.4. The van der Waals surface area contributed by atoms with E-state index in [9.17, 15) is 4.79 Å². The van der Waals surface area contributed by atoms with Crippen molar-refractivity contribution in [2.45, 2.75) is 13.5 Å². The van der Waals surface area contributed by atoms with E-state index >= 15 is 0 Å². The number of fused-ring (bicyclic) bond motifs is 1. The average molecular weight is 279 g/mol. The number of benzene rings is 2. The highest BCUT2D eigenvalue weighted by Gasteiger charge is 2.09.